The molecule has 1 aromatic heterocycles. The second kappa shape index (κ2) is 6.38. The fourth-order valence-electron chi connectivity index (χ4n) is 1.48. The third-order valence-corrected chi connectivity index (χ3v) is 2.69. The van der Waals surface area contributed by atoms with Gasteiger partial charge in [0.25, 0.3) is 0 Å². The summed E-state index contributed by atoms with van der Waals surface area (Å²) in [5.74, 6) is -1.47. The van der Waals surface area contributed by atoms with Crippen LogP contribution >= 0.6 is 23.2 Å². The Hall–Kier alpha value is -2.38. The molecule has 0 saturated heterocycles. The molecule has 0 spiro atoms. The number of rotatable bonds is 3. The van der Waals surface area contributed by atoms with Gasteiger partial charge in [0.05, 0.1) is 0 Å². The van der Waals surface area contributed by atoms with Gasteiger partial charge in [-0.05, 0) is 18.2 Å². The molecule has 7 nitrogen and oxygen atoms in total. The minimum atomic E-state index is -1.30. The summed E-state index contributed by atoms with van der Waals surface area (Å²) in [6.45, 7) is 0. The molecule has 0 aliphatic heterocycles. The number of carboxylic acid groups (broad SMARTS) is 1. The number of urea groups is 1. The number of carboxylic acids is 1. The number of halogens is 2. The summed E-state index contributed by atoms with van der Waals surface area (Å²) in [7, 11) is 0. The molecule has 0 saturated carbocycles. The number of hydrogen-bond acceptors (Lipinski definition) is 4. The van der Waals surface area contributed by atoms with Crippen LogP contribution in [0.15, 0.2) is 30.6 Å². The molecule has 1 heterocycles. The smallest absolute Gasteiger partial charge is 0.358 e. The van der Waals surface area contributed by atoms with Gasteiger partial charge in [-0.15, -0.1) is 0 Å². The molecule has 0 bridgehead atoms. The van der Waals surface area contributed by atoms with Gasteiger partial charge in [-0.3, -0.25) is 5.32 Å². The highest BCUT2D eigenvalue weighted by atomic mass is 35.5. The third kappa shape index (κ3) is 4.04. The number of nitrogens with one attached hydrogen (secondary N) is 2. The topological polar surface area (TPSA) is 104 Å². The highest BCUT2D eigenvalue weighted by Crippen LogP contribution is 2.22. The lowest BCUT2D eigenvalue weighted by atomic mass is 10.3. The first-order valence-electron chi connectivity index (χ1n) is 5.54. The van der Waals surface area contributed by atoms with Crippen molar-refractivity contribution in [2.45, 2.75) is 0 Å². The van der Waals surface area contributed by atoms with Gasteiger partial charge in [-0.1, -0.05) is 23.2 Å². The Morgan fingerprint density at radius 2 is 1.62 bits per heavy atom. The van der Waals surface area contributed by atoms with Gasteiger partial charge in [-0.25, -0.2) is 19.6 Å². The number of carbonyl (C=O) groups is 2. The predicted molar refractivity (Wildman–Crippen MR) is 78.1 cm³/mol. The van der Waals surface area contributed by atoms with E-state index in [0.717, 1.165) is 0 Å². The molecule has 9 heteroatoms. The van der Waals surface area contributed by atoms with Crippen LogP contribution in [0.4, 0.5) is 16.3 Å². The average molecular weight is 327 g/mol. The fourth-order valence-corrected chi connectivity index (χ4v) is 2.01. The molecule has 3 N–H and O–H groups in total. The fraction of sp³-hybridized carbons (Fsp3) is 0. The zero-order chi connectivity index (χ0) is 15.4. The van der Waals surface area contributed by atoms with E-state index in [1.54, 1.807) is 0 Å². The molecule has 0 aliphatic carbocycles. The maximum absolute atomic E-state index is 11.8. The molecule has 2 aromatic rings. The number of anilines is 2. The number of amides is 2. The molecule has 1 aromatic carbocycles. The number of benzene rings is 1. The summed E-state index contributed by atoms with van der Waals surface area (Å²) in [6, 6.07) is 3.79. The van der Waals surface area contributed by atoms with Crippen molar-refractivity contribution in [2.24, 2.45) is 0 Å². The summed E-state index contributed by atoms with van der Waals surface area (Å²) < 4.78 is 0. The van der Waals surface area contributed by atoms with E-state index in [-0.39, 0.29) is 11.5 Å². The van der Waals surface area contributed by atoms with E-state index in [1.807, 2.05) is 0 Å². The van der Waals surface area contributed by atoms with Crippen LogP contribution in [0.1, 0.15) is 10.5 Å². The molecule has 21 heavy (non-hydrogen) atoms. The molecule has 0 fully saturated rings. The van der Waals surface area contributed by atoms with E-state index < -0.39 is 12.0 Å². The van der Waals surface area contributed by atoms with Crippen LogP contribution in [0.25, 0.3) is 0 Å². The van der Waals surface area contributed by atoms with Crippen molar-refractivity contribution in [3.63, 3.8) is 0 Å². The number of hydrogen-bond donors (Lipinski definition) is 3. The summed E-state index contributed by atoms with van der Waals surface area (Å²) in [6.07, 6.45) is 2.47. The third-order valence-electron chi connectivity index (χ3n) is 2.25. The van der Waals surface area contributed by atoms with Crippen molar-refractivity contribution >= 4 is 46.7 Å². The number of aromatic carboxylic acids is 1. The van der Waals surface area contributed by atoms with Crippen LogP contribution in [-0.2, 0) is 0 Å². The quantitative estimate of drug-likeness (QED) is 0.803. The molecule has 0 radical (unpaired) electrons. The second-order valence-corrected chi connectivity index (χ2v) is 4.67. The second-order valence-electron chi connectivity index (χ2n) is 3.80. The number of carbonyl (C=O) groups excluding carboxylic acids is 1. The lowest BCUT2D eigenvalue weighted by Gasteiger charge is -2.08. The maximum Gasteiger partial charge on any atom is 0.358 e. The SMILES string of the molecule is O=C(Nc1cc(Cl)cc(Cl)c1)Nc1nccnc1C(=O)O. The van der Waals surface area contributed by atoms with Gasteiger partial charge in [0, 0.05) is 28.1 Å². The normalized spacial score (nSPS) is 10.0. The highest BCUT2D eigenvalue weighted by molar-refractivity contribution is 6.35. The number of nitrogens with zero attached hydrogens (tertiary/aromatic N) is 2. The van der Waals surface area contributed by atoms with Crippen LogP contribution in [0.3, 0.4) is 0 Å². The molecular weight excluding hydrogens is 319 g/mol. The molecule has 0 aliphatic rings. The lowest BCUT2D eigenvalue weighted by molar-refractivity contribution is 0.0691. The molecule has 0 atom stereocenters. The molecule has 2 rings (SSSR count). The van der Waals surface area contributed by atoms with Crippen LogP contribution in [0, 0.1) is 0 Å². The Bertz CT molecular complexity index is 688. The Labute approximate surface area is 128 Å². The Balaban J connectivity index is 2.14. The Kier molecular flexibility index (Phi) is 4.56. The van der Waals surface area contributed by atoms with E-state index >= 15 is 0 Å². The Morgan fingerprint density at radius 1 is 1.00 bits per heavy atom. The molecule has 0 unspecified atom stereocenters. The molecule has 108 valence electrons. The van der Waals surface area contributed by atoms with Crippen LogP contribution in [0.5, 0.6) is 0 Å². The summed E-state index contributed by atoms with van der Waals surface area (Å²) >= 11 is 11.6. The zero-order valence-electron chi connectivity index (χ0n) is 10.3. The minimum absolute atomic E-state index is 0.171. The molecule has 2 amide bonds. The number of aromatic nitrogens is 2. The van der Waals surface area contributed by atoms with E-state index in [4.69, 9.17) is 28.3 Å². The maximum atomic E-state index is 11.8. The van der Waals surface area contributed by atoms with Gasteiger partial charge in [0.1, 0.15) is 0 Å². The van der Waals surface area contributed by atoms with Crippen molar-refractivity contribution in [2.75, 3.05) is 10.6 Å². The lowest BCUT2D eigenvalue weighted by Crippen LogP contribution is -2.22. The van der Waals surface area contributed by atoms with E-state index in [0.29, 0.717) is 15.7 Å². The van der Waals surface area contributed by atoms with Gasteiger partial charge >= 0.3 is 12.0 Å². The standard InChI is InChI=1S/C12H8Cl2N4O3/c13-6-3-7(14)5-8(4-6)17-12(21)18-10-9(11(19)20)15-1-2-16-10/h1-5H,(H,19,20)(H2,16,17,18,21). The van der Waals surface area contributed by atoms with Gasteiger partial charge in [0.15, 0.2) is 11.5 Å². The van der Waals surface area contributed by atoms with Crippen molar-refractivity contribution in [3.05, 3.63) is 46.3 Å². The van der Waals surface area contributed by atoms with Gasteiger partial charge in [0.2, 0.25) is 0 Å². The van der Waals surface area contributed by atoms with Crippen LogP contribution < -0.4 is 10.6 Å². The summed E-state index contributed by atoms with van der Waals surface area (Å²) in [4.78, 5) is 30.1. The van der Waals surface area contributed by atoms with E-state index in [1.165, 1.54) is 30.6 Å². The first kappa shape index (κ1) is 15.0. The summed E-state index contributed by atoms with van der Waals surface area (Å²) in [5.41, 5.74) is -0.0115. The highest BCUT2D eigenvalue weighted by Gasteiger charge is 2.15. The molecular formula is C12H8Cl2N4O3. The van der Waals surface area contributed by atoms with E-state index in [2.05, 4.69) is 20.6 Å². The first-order valence-corrected chi connectivity index (χ1v) is 6.29. The summed E-state index contributed by atoms with van der Waals surface area (Å²) in [5, 5.41) is 14.4. The van der Waals surface area contributed by atoms with Crippen molar-refractivity contribution in [1.29, 1.82) is 0 Å². The monoisotopic (exact) mass is 326 g/mol. The van der Waals surface area contributed by atoms with Crippen molar-refractivity contribution in [3.8, 4) is 0 Å². The first-order chi connectivity index (χ1) is 9.95. The van der Waals surface area contributed by atoms with Gasteiger partial charge in [-0.2, -0.15) is 0 Å². The Morgan fingerprint density at radius 3 is 2.24 bits per heavy atom. The zero-order valence-corrected chi connectivity index (χ0v) is 11.8. The van der Waals surface area contributed by atoms with E-state index in [9.17, 15) is 9.59 Å². The van der Waals surface area contributed by atoms with Crippen LogP contribution in [-0.4, -0.2) is 27.1 Å². The van der Waals surface area contributed by atoms with Crippen LogP contribution in [0.2, 0.25) is 10.0 Å². The predicted octanol–water partition coefficient (Wildman–Crippen LogP) is 3.13. The van der Waals surface area contributed by atoms with Crippen molar-refractivity contribution < 1.29 is 14.7 Å². The van der Waals surface area contributed by atoms with Crippen molar-refractivity contribution in [1.82, 2.24) is 9.97 Å². The minimum Gasteiger partial charge on any atom is -0.476 e. The average Bonchev–Trinajstić information content (AvgIpc) is 2.37. The van der Waals surface area contributed by atoms with Gasteiger partial charge < -0.3 is 10.4 Å². The largest absolute Gasteiger partial charge is 0.476 e.